The number of hydrogen-bond donors (Lipinski definition) is 1. The van der Waals surface area contributed by atoms with Crippen LogP contribution < -0.4 is 4.90 Å². The Kier molecular flexibility index (Phi) is 7.65. The van der Waals surface area contributed by atoms with Gasteiger partial charge in [0.15, 0.2) is 0 Å². The molecule has 1 aromatic rings. The van der Waals surface area contributed by atoms with Crippen LogP contribution in [-0.2, 0) is 23.9 Å². The number of likely N-dealkylation sites (tertiary alicyclic amines) is 1. The standard InChI is InChI=1S/C27H35BrN2O6/c1-6-11-29(19-12-15(4)9-10-16(19)5)25(33)23-27-13-18(28)22(36-27)20(26(34)35-8-3)21(27)24(32)30(23)17(7-2)14-31/h6,9-10,12,17-18,20-23,31H,1,7-8,11,13-14H2,2-5H3/t17-,18?,20-,21+,22-,23-,27+/m0/s1. The van der Waals surface area contributed by atoms with Crippen LogP contribution >= 0.6 is 15.9 Å². The number of amides is 2. The number of aliphatic hydroxyl groups is 1. The molecule has 1 aromatic carbocycles. The third-order valence-electron chi connectivity index (χ3n) is 7.83. The third-order valence-corrected chi connectivity index (χ3v) is 8.67. The highest BCUT2D eigenvalue weighted by atomic mass is 79.9. The summed E-state index contributed by atoms with van der Waals surface area (Å²) in [6.07, 6.45) is 1.93. The Morgan fingerprint density at radius 2 is 2.11 bits per heavy atom. The molecule has 3 aliphatic heterocycles. The van der Waals surface area contributed by atoms with Crippen LogP contribution in [0.2, 0.25) is 0 Å². The maximum atomic E-state index is 14.5. The second-order valence-corrected chi connectivity index (χ2v) is 11.1. The fourth-order valence-electron chi connectivity index (χ4n) is 6.26. The molecule has 2 bridgehead atoms. The number of halogens is 1. The van der Waals surface area contributed by atoms with Crippen LogP contribution in [0.25, 0.3) is 0 Å². The molecule has 1 N–H and O–H groups in total. The van der Waals surface area contributed by atoms with Gasteiger partial charge in [0.1, 0.15) is 11.6 Å². The van der Waals surface area contributed by atoms with Crippen LogP contribution in [0.3, 0.4) is 0 Å². The topological polar surface area (TPSA) is 96.4 Å². The molecule has 0 aromatic heterocycles. The van der Waals surface area contributed by atoms with Crippen LogP contribution in [0.5, 0.6) is 0 Å². The summed E-state index contributed by atoms with van der Waals surface area (Å²) in [5.74, 6) is -2.81. The zero-order valence-corrected chi connectivity index (χ0v) is 22.9. The second kappa shape index (κ2) is 10.3. The summed E-state index contributed by atoms with van der Waals surface area (Å²) in [6.45, 7) is 11.4. The minimum Gasteiger partial charge on any atom is -0.466 e. The molecule has 2 amide bonds. The van der Waals surface area contributed by atoms with E-state index >= 15 is 0 Å². The zero-order chi connectivity index (χ0) is 26.4. The number of hydrogen-bond acceptors (Lipinski definition) is 6. The SMILES string of the molecule is C=CCN(C(=O)[C@@H]1N([C@@H](CC)CO)C(=O)[C@H]2[C@H](C(=O)OCC)[C@H]3O[C@@]12CC3Br)c1cc(C)ccc1C. The highest BCUT2D eigenvalue weighted by Crippen LogP contribution is 2.60. The summed E-state index contributed by atoms with van der Waals surface area (Å²) in [4.78, 5) is 44.5. The van der Waals surface area contributed by atoms with Crippen molar-refractivity contribution in [2.75, 3.05) is 24.7 Å². The normalized spacial score (nSPS) is 31.3. The van der Waals surface area contributed by atoms with Crippen molar-refractivity contribution >= 4 is 39.4 Å². The molecule has 0 saturated carbocycles. The van der Waals surface area contributed by atoms with Gasteiger partial charge in [-0.25, -0.2) is 0 Å². The Morgan fingerprint density at radius 1 is 1.39 bits per heavy atom. The monoisotopic (exact) mass is 562 g/mol. The number of benzene rings is 1. The number of carbonyl (C=O) groups excluding carboxylic acids is 3. The van der Waals surface area contributed by atoms with E-state index in [1.54, 1.807) is 17.9 Å². The first-order valence-corrected chi connectivity index (χ1v) is 13.5. The summed E-state index contributed by atoms with van der Waals surface area (Å²) in [7, 11) is 0. The predicted molar refractivity (Wildman–Crippen MR) is 139 cm³/mol. The molecule has 3 fully saturated rings. The summed E-state index contributed by atoms with van der Waals surface area (Å²) in [5.41, 5.74) is 1.43. The second-order valence-electron chi connectivity index (χ2n) is 9.93. The lowest BCUT2D eigenvalue weighted by atomic mass is 9.70. The van der Waals surface area contributed by atoms with Crippen LogP contribution in [0.1, 0.15) is 37.8 Å². The molecule has 8 nitrogen and oxygen atoms in total. The molecule has 1 spiro atoms. The van der Waals surface area contributed by atoms with Gasteiger partial charge in [-0.1, -0.05) is 41.1 Å². The highest BCUT2D eigenvalue weighted by Gasteiger charge is 2.77. The van der Waals surface area contributed by atoms with Crippen molar-refractivity contribution in [1.82, 2.24) is 4.90 Å². The number of nitrogens with zero attached hydrogens (tertiary/aromatic N) is 2. The van der Waals surface area contributed by atoms with Crippen molar-refractivity contribution in [3.63, 3.8) is 0 Å². The minimum atomic E-state index is -1.20. The fraction of sp³-hybridized carbons (Fsp3) is 0.593. The Morgan fingerprint density at radius 3 is 2.72 bits per heavy atom. The van der Waals surface area contributed by atoms with Gasteiger partial charge in [-0.15, -0.1) is 6.58 Å². The van der Waals surface area contributed by atoms with E-state index in [-0.39, 0.29) is 36.4 Å². The smallest absolute Gasteiger partial charge is 0.312 e. The lowest BCUT2D eigenvalue weighted by molar-refractivity contribution is -0.155. The summed E-state index contributed by atoms with van der Waals surface area (Å²) >= 11 is 3.65. The van der Waals surface area contributed by atoms with Gasteiger partial charge < -0.3 is 24.4 Å². The van der Waals surface area contributed by atoms with E-state index in [9.17, 15) is 19.5 Å². The number of aryl methyl sites for hydroxylation is 2. The van der Waals surface area contributed by atoms with E-state index < -0.39 is 41.6 Å². The number of fused-ring (bicyclic) bond motifs is 1. The molecule has 3 heterocycles. The maximum Gasteiger partial charge on any atom is 0.312 e. The first kappa shape index (κ1) is 26.8. The molecule has 0 radical (unpaired) electrons. The first-order valence-electron chi connectivity index (χ1n) is 12.6. The molecule has 196 valence electrons. The lowest BCUT2D eigenvalue weighted by Gasteiger charge is -2.39. The van der Waals surface area contributed by atoms with Crippen LogP contribution in [-0.4, -0.2) is 76.2 Å². The number of rotatable bonds is 9. The number of anilines is 1. The Balaban J connectivity index is 1.86. The van der Waals surface area contributed by atoms with Crippen LogP contribution in [0.4, 0.5) is 5.69 Å². The number of alkyl halides is 1. The molecule has 3 aliphatic rings. The van der Waals surface area contributed by atoms with Crippen molar-refractivity contribution in [1.29, 1.82) is 0 Å². The Labute approximate surface area is 220 Å². The molecule has 9 heteroatoms. The molecular weight excluding hydrogens is 528 g/mol. The van der Waals surface area contributed by atoms with Crippen molar-refractivity contribution in [3.8, 4) is 0 Å². The average molecular weight is 563 g/mol. The van der Waals surface area contributed by atoms with E-state index in [0.29, 0.717) is 12.8 Å². The first-order chi connectivity index (χ1) is 17.2. The van der Waals surface area contributed by atoms with E-state index in [4.69, 9.17) is 9.47 Å². The van der Waals surface area contributed by atoms with Crippen molar-refractivity contribution in [3.05, 3.63) is 42.0 Å². The lowest BCUT2D eigenvalue weighted by Crippen LogP contribution is -2.59. The molecular formula is C27H35BrN2O6. The highest BCUT2D eigenvalue weighted by molar-refractivity contribution is 9.09. The molecule has 4 rings (SSSR count). The average Bonchev–Trinajstić information content (AvgIpc) is 3.44. The molecule has 0 aliphatic carbocycles. The van der Waals surface area contributed by atoms with Gasteiger partial charge in [0.05, 0.1) is 37.2 Å². The fourth-order valence-corrected chi connectivity index (χ4v) is 7.20. The van der Waals surface area contributed by atoms with Gasteiger partial charge in [-0.2, -0.15) is 0 Å². The van der Waals surface area contributed by atoms with E-state index in [2.05, 4.69) is 22.5 Å². The van der Waals surface area contributed by atoms with Crippen molar-refractivity contribution in [2.45, 2.75) is 69.2 Å². The number of esters is 1. The van der Waals surface area contributed by atoms with E-state index in [1.165, 1.54) is 4.90 Å². The Hall–Kier alpha value is -2.23. The van der Waals surface area contributed by atoms with E-state index in [0.717, 1.165) is 16.8 Å². The maximum absolute atomic E-state index is 14.5. The zero-order valence-electron chi connectivity index (χ0n) is 21.3. The predicted octanol–water partition coefficient (Wildman–Crippen LogP) is 2.90. The molecule has 1 unspecified atom stereocenters. The van der Waals surface area contributed by atoms with Gasteiger partial charge in [0.25, 0.3) is 5.91 Å². The largest absolute Gasteiger partial charge is 0.466 e. The minimum absolute atomic E-state index is 0.183. The summed E-state index contributed by atoms with van der Waals surface area (Å²) in [5, 5.41) is 10.2. The number of ether oxygens (including phenoxy) is 2. The van der Waals surface area contributed by atoms with Crippen LogP contribution in [0, 0.1) is 25.7 Å². The van der Waals surface area contributed by atoms with Crippen molar-refractivity contribution < 1.29 is 29.0 Å². The Bertz CT molecular complexity index is 1060. The number of carbonyl (C=O) groups is 3. The van der Waals surface area contributed by atoms with Crippen LogP contribution in [0.15, 0.2) is 30.9 Å². The van der Waals surface area contributed by atoms with Gasteiger partial charge in [0.2, 0.25) is 5.91 Å². The van der Waals surface area contributed by atoms with Gasteiger partial charge >= 0.3 is 5.97 Å². The van der Waals surface area contributed by atoms with Gasteiger partial charge in [-0.3, -0.25) is 14.4 Å². The molecule has 3 saturated heterocycles. The van der Waals surface area contributed by atoms with Gasteiger partial charge in [0, 0.05) is 17.1 Å². The van der Waals surface area contributed by atoms with Gasteiger partial charge in [-0.05, 0) is 50.8 Å². The quantitative estimate of drug-likeness (QED) is 0.282. The third kappa shape index (κ3) is 4.00. The number of aliphatic hydroxyl groups excluding tert-OH is 1. The van der Waals surface area contributed by atoms with Crippen molar-refractivity contribution in [2.24, 2.45) is 11.8 Å². The summed E-state index contributed by atoms with van der Waals surface area (Å²) < 4.78 is 11.8. The molecule has 36 heavy (non-hydrogen) atoms. The molecule has 7 atom stereocenters. The van der Waals surface area contributed by atoms with E-state index in [1.807, 2.05) is 39.0 Å². The summed E-state index contributed by atoms with van der Waals surface area (Å²) in [6, 6.07) is 4.29.